The fourth-order valence-electron chi connectivity index (χ4n) is 3.51. The number of aryl methyl sites for hydroxylation is 1. The summed E-state index contributed by atoms with van der Waals surface area (Å²) in [5, 5.41) is 14.3. The van der Waals surface area contributed by atoms with Gasteiger partial charge in [-0.1, -0.05) is 0 Å². The second-order valence-corrected chi connectivity index (χ2v) is 9.24. The first kappa shape index (κ1) is 20.1. The van der Waals surface area contributed by atoms with Crippen molar-refractivity contribution in [1.82, 2.24) is 24.6 Å². The van der Waals surface area contributed by atoms with Crippen molar-refractivity contribution in [1.29, 1.82) is 0 Å². The quantitative estimate of drug-likeness (QED) is 0.665. The van der Waals surface area contributed by atoms with Crippen molar-refractivity contribution < 1.29 is 23.1 Å². The van der Waals surface area contributed by atoms with E-state index in [4.69, 9.17) is 9.84 Å². The molecule has 158 valence electrons. The Kier molecular flexibility index (Phi) is 5.06. The molecule has 2 aromatic heterocycles. The smallest absolute Gasteiger partial charge is 0.407 e. The number of nitrogens with zero attached hydrogens (tertiary/aromatic N) is 5. The van der Waals surface area contributed by atoms with E-state index in [0.717, 1.165) is 6.26 Å². The lowest BCUT2D eigenvalue weighted by Crippen LogP contribution is -2.41. The highest BCUT2D eigenvalue weighted by atomic mass is 32.2. The third-order valence-corrected chi connectivity index (χ3v) is 6.23. The molecule has 1 aliphatic heterocycles. The average Bonchev–Trinajstić information content (AvgIpc) is 3.05. The van der Waals surface area contributed by atoms with Crippen LogP contribution in [0, 0.1) is 6.92 Å². The van der Waals surface area contributed by atoms with Gasteiger partial charge in [0.25, 0.3) is 0 Å². The number of piperidine rings is 1. The third kappa shape index (κ3) is 3.80. The van der Waals surface area contributed by atoms with E-state index >= 15 is 0 Å². The van der Waals surface area contributed by atoms with Crippen LogP contribution in [0.1, 0.15) is 18.5 Å². The lowest BCUT2D eigenvalue weighted by Gasteiger charge is -2.29. The van der Waals surface area contributed by atoms with Crippen LogP contribution < -0.4 is 4.74 Å². The molecule has 3 aromatic rings. The molecule has 0 spiro atoms. The Balaban J connectivity index is 1.64. The first-order chi connectivity index (χ1) is 14.2. The SMILES string of the molecule is Cc1nn(-c2ccc(S(C)(=O)=O)cc2)c2ncnc(OC3CCN(C(=O)O)CC3)c12. The van der Waals surface area contributed by atoms with Gasteiger partial charge in [-0.15, -0.1) is 0 Å². The minimum Gasteiger partial charge on any atom is -0.474 e. The van der Waals surface area contributed by atoms with Gasteiger partial charge in [0, 0.05) is 32.2 Å². The van der Waals surface area contributed by atoms with Gasteiger partial charge in [0.15, 0.2) is 15.5 Å². The molecule has 3 heterocycles. The highest BCUT2D eigenvalue weighted by molar-refractivity contribution is 7.90. The van der Waals surface area contributed by atoms with Gasteiger partial charge in [-0.3, -0.25) is 0 Å². The zero-order valence-corrected chi connectivity index (χ0v) is 17.3. The van der Waals surface area contributed by atoms with Crippen LogP contribution in [0.15, 0.2) is 35.5 Å². The Morgan fingerprint density at radius 1 is 1.17 bits per heavy atom. The number of likely N-dealkylation sites (tertiary alicyclic amines) is 1. The summed E-state index contributed by atoms with van der Waals surface area (Å²) in [6.07, 6.45) is 2.66. The number of rotatable bonds is 4. The molecule has 1 aromatic carbocycles. The molecule has 1 N–H and O–H groups in total. The van der Waals surface area contributed by atoms with Crippen molar-refractivity contribution in [2.45, 2.75) is 30.8 Å². The van der Waals surface area contributed by atoms with Crippen LogP contribution in [-0.4, -0.2) is 69.7 Å². The van der Waals surface area contributed by atoms with E-state index in [1.165, 1.54) is 23.4 Å². The summed E-state index contributed by atoms with van der Waals surface area (Å²) in [5.74, 6) is 0.408. The molecule has 0 aliphatic carbocycles. The number of carboxylic acid groups (broad SMARTS) is 1. The standard InChI is InChI=1S/C19H21N5O5S/c1-12-16-17(24(22-12)13-3-5-15(6-4-13)30(2,27)28)20-11-21-18(16)29-14-7-9-23(10-8-14)19(25)26/h3-6,11,14H,7-10H2,1-2H3,(H,25,26). The number of sulfone groups is 1. The van der Waals surface area contributed by atoms with Crippen LogP contribution in [0.25, 0.3) is 16.7 Å². The van der Waals surface area contributed by atoms with Crippen LogP contribution in [0.3, 0.4) is 0 Å². The molecule has 1 saturated heterocycles. The molecule has 0 saturated carbocycles. The molecule has 0 unspecified atom stereocenters. The van der Waals surface area contributed by atoms with Crippen molar-refractivity contribution in [3.05, 3.63) is 36.3 Å². The topological polar surface area (TPSA) is 128 Å². The van der Waals surface area contributed by atoms with E-state index < -0.39 is 15.9 Å². The number of hydrogen-bond acceptors (Lipinski definition) is 7. The van der Waals surface area contributed by atoms with E-state index in [9.17, 15) is 13.2 Å². The summed E-state index contributed by atoms with van der Waals surface area (Å²) in [6.45, 7) is 2.66. The maximum absolute atomic E-state index is 11.7. The number of ether oxygens (including phenoxy) is 1. The molecule has 30 heavy (non-hydrogen) atoms. The number of benzene rings is 1. The molecule has 0 radical (unpaired) electrons. The second-order valence-electron chi connectivity index (χ2n) is 7.23. The lowest BCUT2D eigenvalue weighted by atomic mass is 10.1. The first-order valence-electron chi connectivity index (χ1n) is 9.39. The van der Waals surface area contributed by atoms with Crippen molar-refractivity contribution in [2.24, 2.45) is 0 Å². The summed E-state index contributed by atoms with van der Waals surface area (Å²) in [4.78, 5) is 21.3. The van der Waals surface area contributed by atoms with Crippen LogP contribution in [0.2, 0.25) is 0 Å². The van der Waals surface area contributed by atoms with Gasteiger partial charge in [-0.2, -0.15) is 5.10 Å². The second kappa shape index (κ2) is 7.56. The van der Waals surface area contributed by atoms with E-state index in [1.807, 2.05) is 6.92 Å². The summed E-state index contributed by atoms with van der Waals surface area (Å²) >= 11 is 0. The van der Waals surface area contributed by atoms with Crippen molar-refractivity contribution in [3.8, 4) is 11.6 Å². The summed E-state index contributed by atoms with van der Waals surface area (Å²) < 4.78 is 31.1. The van der Waals surface area contributed by atoms with Gasteiger partial charge in [-0.25, -0.2) is 27.9 Å². The van der Waals surface area contributed by atoms with E-state index in [-0.39, 0.29) is 11.0 Å². The highest BCUT2D eigenvalue weighted by Gasteiger charge is 2.25. The van der Waals surface area contributed by atoms with Gasteiger partial charge >= 0.3 is 6.09 Å². The van der Waals surface area contributed by atoms with Crippen molar-refractivity contribution in [2.75, 3.05) is 19.3 Å². The van der Waals surface area contributed by atoms with Crippen LogP contribution in [0.4, 0.5) is 4.79 Å². The Bertz CT molecular complexity index is 1200. The molecular formula is C19H21N5O5S. The van der Waals surface area contributed by atoms with Crippen LogP contribution in [-0.2, 0) is 9.84 Å². The zero-order valence-electron chi connectivity index (χ0n) is 16.5. The fourth-order valence-corrected chi connectivity index (χ4v) is 4.14. The molecule has 1 aliphatic rings. The Morgan fingerprint density at radius 3 is 2.43 bits per heavy atom. The maximum Gasteiger partial charge on any atom is 0.407 e. The average molecular weight is 431 g/mol. The van der Waals surface area contributed by atoms with Gasteiger partial charge in [0.1, 0.15) is 17.8 Å². The lowest BCUT2D eigenvalue weighted by molar-refractivity contribution is 0.0879. The third-order valence-electron chi connectivity index (χ3n) is 5.11. The monoisotopic (exact) mass is 431 g/mol. The molecule has 0 bridgehead atoms. The Labute approximate surface area is 173 Å². The van der Waals surface area contributed by atoms with Crippen LogP contribution >= 0.6 is 0 Å². The van der Waals surface area contributed by atoms with E-state index in [1.54, 1.807) is 16.8 Å². The molecule has 4 rings (SSSR count). The summed E-state index contributed by atoms with van der Waals surface area (Å²) in [6, 6.07) is 6.41. The predicted octanol–water partition coefficient (Wildman–Crippen LogP) is 2.05. The number of hydrogen-bond donors (Lipinski definition) is 1. The molecular weight excluding hydrogens is 410 g/mol. The van der Waals surface area contributed by atoms with Gasteiger partial charge in [-0.05, 0) is 31.2 Å². The molecule has 11 heteroatoms. The Morgan fingerprint density at radius 2 is 1.83 bits per heavy atom. The van der Waals surface area contributed by atoms with Crippen LogP contribution in [0.5, 0.6) is 5.88 Å². The van der Waals surface area contributed by atoms with Crippen molar-refractivity contribution in [3.63, 3.8) is 0 Å². The molecule has 0 atom stereocenters. The number of amides is 1. The Hall–Kier alpha value is -3.21. The minimum atomic E-state index is -3.29. The maximum atomic E-state index is 11.7. The zero-order chi connectivity index (χ0) is 21.5. The van der Waals surface area contributed by atoms with E-state index in [0.29, 0.717) is 54.2 Å². The minimum absolute atomic E-state index is 0.143. The number of carbonyl (C=O) groups is 1. The normalized spacial score (nSPS) is 15.5. The van der Waals surface area contributed by atoms with Gasteiger partial charge in [0.2, 0.25) is 5.88 Å². The largest absolute Gasteiger partial charge is 0.474 e. The predicted molar refractivity (Wildman–Crippen MR) is 108 cm³/mol. The fraction of sp³-hybridized carbons (Fsp3) is 0.368. The number of aromatic nitrogens is 4. The van der Waals surface area contributed by atoms with Crippen molar-refractivity contribution >= 4 is 27.0 Å². The van der Waals surface area contributed by atoms with Gasteiger partial charge in [0.05, 0.1) is 16.3 Å². The van der Waals surface area contributed by atoms with E-state index in [2.05, 4.69) is 15.1 Å². The molecule has 10 nitrogen and oxygen atoms in total. The first-order valence-corrected chi connectivity index (χ1v) is 11.3. The molecule has 1 amide bonds. The molecule has 1 fully saturated rings. The summed E-state index contributed by atoms with van der Waals surface area (Å²) in [5.41, 5.74) is 1.89. The van der Waals surface area contributed by atoms with Gasteiger partial charge < -0.3 is 14.7 Å². The summed E-state index contributed by atoms with van der Waals surface area (Å²) in [7, 11) is -3.29. The highest BCUT2D eigenvalue weighted by Crippen LogP contribution is 2.29. The number of fused-ring (bicyclic) bond motifs is 1.